The number of hydrogen-bond acceptors (Lipinski definition) is 4. The Kier molecular flexibility index (Phi) is 6.52. The Hall–Kier alpha value is -3.32. The van der Waals surface area contributed by atoms with Gasteiger partial charge in [-0.05, 0) is 64.8 Å². The number of amides is 2. The smallest absolute Gasteiger partial charge is 0.265 e. The summed E-state index contributed by atoms with van der Waals surface area (Å²) in [6.07, 6.45) is 0.660. The Morgan fingerprint density at radius 2 is 1.84 bits per heavy atom. The topological polar surface area (TPSA) is 67.9 Å². The molecule has 0 radical (unpaired) electrons. The molecule has 1 aliphatic heterocycles. The highest BCUT2D eigenvalue weighted by atomic mass is 79.9. The molecule has 1 aliphatic rings. The van der Waals surface area contributed by atoms with Crippen molar-refractivity contribution in [2.45, 2.75) is 6.42 Å². The van der Waals surface area contributed by atoms with Gasteiger partial charge in [0.05, 0.1) is 17.9 Å². The number of ether oxygens (including phenoxy) is 2. The third-order valence-electron chi connectivity index (χ3n) is 4.82. The zero-order chi connectivity index (χ0) is 21.6. The van der Waals surface area contributed by atoms with Gasteiger partial charge >= 0.3 is 0 Å². The fourth-order valence-corrected chi connectivity index (χ4v) is 3.76. The van der Waals surface area contributed by atoms with Crippen LogP contribution in [-0.4, -0.2) is 31.6 Å². The number of nitrogens with one attached hydrogen (secondary N) is 1. The van der Waals surface area contributed by atoms with Gasteiger partial charge in [-0.15, -0.1) is 0 Å². The predicted octanol–water partition coefficient (Wildman–Crippen LogP) is 4.90. The fraction of sp³-hybridized carbons (Fsp3) is 0.167. The molecular weight excluding hydrogens is 460 g/mol. The minimum atomic E-state index is -0.238. The summed E-state index contributed by atoms with van der Waals surface area (Å²) in [6.45, 7) is 0.974. The van der Waals surface area contributed by atoms with Crippen LogP contribution in [0.3, 0.4) is 0 Å². The maximum absolute atomic E-state index is 12.6. The number of carbonyl (C=O) groups is 2. The van der Waals surface area contributed by atoms with Crippen LogP contribution in [0.5, 0.6) is 11.5 Å². The van der Waals surface area contributed by atoms with Gasteiger partial charge in [-0.1, -0.05) is 30.3 Å². The number of hydrogen-bond donors (Lipinski definition) is 1. The molecule has 0 fully saturated rings. The number of nitrogens with zero attached hydrogens (tertiary/aromatic N) is 1. The summed E-state index contributed by atoms with van der Waals surface area (Å²) in [5, 5.41) is 2.89. The van der Waals surface area contributed by atoms with E-state index in [1.807, 2.05) is 42.5 Å². The fourth-order valence-electron chi connectivity index (χ4n) is 3.30. The van der Waals surface area contributed by atoms with E-state index in [2.05, 4.69) is 21.2 Å². The van der Waals surface area contributed by atoms with Gasteiger partial charge in [-0.3, -0.25) is 9.59 Å². The number of halogens is 1. The molecule has 0 aliphatic carbocycles. The summed E-state index contributed by atoms with van der Waals surface area (Å²) in [4.78, 5) is 26.8. The zero-order valence-electron chi connectivity index (χ0n) is 16.7. The van der Waals surface area contributed by atoms with Gasteiger partial charge in [-0.2, -0.15) is 0 Å². The Bertz CT molecular complexity index is 1090. The van der Waals surface area contributed by atoms with Gasteiger partial charge in [0.25, 0.3) is 11.8 Å². The van der Waals surface area contributed by atoms with Crippen LogP contribution in [-0.2, 0) is 4.79 Å². The van der Waals surface area contributed by atoms with Crippen molar-refractivity contribution in [1.29, 1.82) is 0 Å². The van der Waals surface area contributed by atoms with Crippen molar-refractivity contribution in [2.24, 2.45) is 0 Å². The van der Waals surface area contributed by atoms with Gasteiger partial charge in [0, 0.05) is 16.7 Å². The molecule has 6 nitrogen and oxygen atoms in total. The molecule has 4 rings (SSSR count). The van der Waals surface area contributed by atoms with Crippen molar-refractivity contribution in [3.05, 3.63) is 82.8 Å². The Balaban J connectivity index is 1.44. The van der Waals surface area contributed by atoms with Gasteiger partial charge in [-0.25, -0.2) is 0 Å². The van der Waals surface area contributed by atoms with Gasteiger partial charge in [0.15, 0.2) is 6.61 Å². The van der Waals surface area contributed by atoms with Crippen molar-refractivity contribution in [3.8, 4) is 11.5 Å². The third-order valence-corrected chi connectivity index (χ3v) is 5.51. The van der Waals surface area contributed by atoms with Crippen molar-refractivity contribution in [2.75, 3.05) is 30.0 Å². The highest BCUT2D eigenvalue weighted by Crippen LogP contribution is 2.35. The molecule has 3 aromatic carbocycles. The highest BCUT2D eigenvalue weighted by molar-refractivity contribution is 9.10. The SMILES string of the molecule is O=C(Nc1ccc2c(c1)N(CCCOc1ccccc1)C(=O)CO2)c1ccccc1Br. The summed E-state index contributed by atoms with van der Waals surface area (Å²) in [5.74, 6) is 1.05. The normalized spacial score (nSPS) is 12.7. The Labute approximate surface area is 188 Å². The van der Waals surface area contributed by atoms with Gasteiger partial charge in [0.2, 0.25) is 0 Å². The van der Waals surface area contributed by atoms with Crippen LogP contribution < -0.4 is 19.7 Å². The number of carbonyl (C=O) groups excluding carboxylic acids is 2. The lowest BCUT2D eigenvalue weighted by Crippen LogP contribution is -2.39. The lowest BCUT2D eigenvalue weighted by atomic mass is 10.1. The van der Waals surface area contributed by atoms with Crippen LogP contribution >= 0.6 is 15.9 Å². The molecule has 0 aromatic heterocycles. The second kappa shape index (κ2) is 9.66. The van der Waals surface area contributed by atoms with Crippen molar-refractivity contribution < 1.29 is 19.1 Å². The molecule has 7 heteroatoms. The first-order valence-corrected chi connectivity index (χ1v) is 10.7. The lowest BCUT2D eigenvalue weighted by Gasteiger charge is -2.30. The zero-order valence-corrected chi connectivity index (χ0v) is 18.3. The van der Waals surface area contributed by atoms with Crippen molar-refractivity contribution >= 4 is 39.1 Å². The van der Waals surface area contributed by atoms with E-state index in [1.54, 1.807) is 35.2 Å². The standard InChI is InChI=1S/C24H21BrN2O4/c25-20-10-5-4-9-19(20)24(29)26-17-11-12-22-21(15-17)27(23(28)16-31-22)13-6-14-30-18-7-2-1-3-8-18/h1-5,7-12,15H,6,13-14,16H2,(H,26,29). The summed E-state index contributed by atoms with van der Waals surface area (Å²) in [6, 6.07) is 22.1. The summed E-state index contributed by atoms with van der Waals surface area (Å²) in [5.41, 5.74) is 1.76. The molecule has 3 aromatic rings. The first-order valence-electron chi connectivity index (χ1n) is 9.93. The molecular formula is C24H21BrN2O4. The molecule has 2 amide bonds. The molecule has 0 atom stereocenters. The Morgan fingerprint density at radius 1 is 1.06 bits per heavy atom. The van der Waals surface area contributed by atoms with Crippen LogP contribution in [0.25, 0.3) is 0 Å². The number of anilines is 2. The van der Waals surface area contributed by atoms with E-state index < -0.39 is 0 Å². The molecule has 0 saturated carbocycles. The van der Waals surface area contributed by atoms with Crippen molar-refractivity contribution in [3.63, 3.8) is 0 Å². The quantitative estimate of drug-likeness (QED) is 0.488. The number of rotatable bonds is 7. The molecule has 0 spiro atoms. The number of fused-ring (bicyclic) bond motifs is 1. The maximum atomic E-state index is 12.6. The molecule has 158 valence electrons. The van der Waals surface area contributed by atoms with Gasteiger partial charge < -0.3 is 19.7 Å². The monoisotopic (exact) mass is 480 g/mol. The van der Waals surface area contributed by atoms with Crippen LogP contribution in [0.15, 0.2) is 77.3 Å². The predicted molar refractivity (Wildman–Crippen MR) is 123 cm³/mol. The first-order chi connectivity index (χ1) is 15.1. The minimum absolute atomic E-state index is 0.00475. The van der Waals surface area contributed by atoms with E-state index in [4.69, 9.17) is 9.47 Å². The average Bonchev–Trinajstić information content (AvgIpc) is 2.79. The van der Waals surface area contributed by atoms with E-state index in [1.165, 1.54) is 0 Å². The summed E-state index contributed by atoms with van der Waals surface area (Å²) < 4.78 is 12.0. The van der Waals surface area contributed by atoms with E-state index in [9.17, 15) is 9.59 Å². The van der Waals surface area contributed by atoms with Gasteiger partial charge in [0.1, 0.15) is 11.5 Å². The molecule has 0 unspecified atom stereocenters. The van der Waals surface area contributed by atoms with Crippen LogP contribution in [0, 0.1) is 0 Å². The van der Waals surface area contributed by atoms with Crippen molar-refractivity contribution in [1.82, 2.24) is 0 Å². The second-order valence-corrected chi connectivity index (χ2v) is 7.82. The van der Waals surface area contributed by atoms with Crippen LogP contribution in [0.1, 0.15) is 16.8 Å². The Morgan fingerprint density at radius 3 is 2.65 bits per heavy atom. The first kappa shape index (κ1) is 20.9. The molecule has 1 N–H and O–H groups in total. The van der Waals surface area contributed by atoms with E-state index in [0.29, 0.717) is 46.7 Å². The molecule has 0 saturated heterocycles. The number of para-hydroxylation sites is 1. The molecule has 0 bridgehead atoms. The average molecular weight is 481 g/mol. The largest absolute Gasteiger partial charge is 0.494 e. The van der Waals surface area contributed by atoms with E-state index in [-0.39, 0.29) is 18.4 Å². The molecule has 1 heterocycles. The minimum Gasteiger partial charge on any atom is -0.494 e. The van der Waals surface area contributed by atoms with E-state index >= 15 is 0 Å². The molecule has 31 heavy (non-hydrogen) atoms. The third kappa shape index (κ3) is 5.06. The number of benzene rings is 3. The van der Waals surface area contributed by atoms with Crippen LogP contribution in [0.2, 0.25) is 0 Å². The highest BCUT2D eigenvalue weighted by Gasteiger charge is 2.26. The second-order valence-electron chi connectivity index (χ2n) is 6.97. The summed E-state index contributed by atoms with van der Waals surface area (Å²) >= 11 is 3.39. The van der Waals surface area contributed by atoms with Crippen LogP contribution in [0.4, 0.5) is 11.4 Å². The van der Waals surface area contributed by atoms with E-state index in [0.717, 1.165) is 5.75 Å². The lowest BCUT2D eigenvalue weighted by molar-refractivity contribution is -0.121. The maximum Gasteiger partial charge on any atom is 0.265 e. The summed E-state index contributed by atoms with van der Waals surface area (Å²) in [7, 11) is 0.